The predicted octanol–water partition coefficient (Wildman–Crippen LogP) is 2.80. The average molecular weight is 365 g/mol. The number of nitrogens with zero attached hydrogens (tertiary/aromatic N) is 1. The monoisotopic (exact) mass is 365 g/mol. The van der Waals surface area contributed by atoms with Gasteiger partial charge in [0.15, 0.2) is 0 Å². The Morgan fingerprint density at radius 2 is 1.70 bits per heavy atom. The highest BCUT2D eigenvalue weighted by molar-refractivity contribution is 6.00. The van der Waals surface area contributed by atoms with Crippen molar-refractivity contribution in [2.45, 2.75) is 26.7 Å². The maximum atomic E-state index is 12.2. The molecular weight excluding hydrogens is 342 g/mol. The average Bonchev–Trinajstić information content (AvgIpc) is 3.05. The van der Waals surface area contributed by atoms with Crippen LogP contribution in [0.5, 0.6) is 0 Å². The van der Waals surface area contributed by atoms with Gasteiger partial charge in [-0.3, -0.25) is 14.4 Å². The molecule has 1 aliphatic rings. The summed E-state index contributed by atoms with van der Waals surface area (Å²) in [4.78, 5) is 37.8. The van der Waals surface area contributed by atoms with E-state index in [-0.39, 0.29) is 24.3 Å². The maximum absolute atomic E-state index is 12.2. The van der Waals surface area contributed by atoms with E-state index < -0.39 is 0 Å². The summed E-state index contributed by atoms with van der Waals surface area (Å²) < 4.78 is 0. The standard InChI is InChI=1S/C21H23N3O3/c1-14-10-15(2)12-16(11-14)21(27)22-13-19(25)23-17-5-7-18(8-6-17)24-9-3-4-20(24)26/h5-8,10-12H,3-4,9,13H2,1-2H3,(H,22,27)(H,23,25). The summed E-state index contributed by atoms with van der Waals surface area (Å²) >= 11 is 0. The zero-order valence-corrected chi connectivity index (χ0v) is 15.5. The summed E-state index contributed by atoms with van der Waals surface area (Å²) in [6.45, 7) is 4.47. The first-order chi connectivity index (χ1) is 12.9. The van der Waals surface area contributed by atoms with Gasteiger partial charge in [0.1, 0.15) is 0 Å². The molecule has 140 valence electrons. The highest BCUT2D eigenvalue weighted by atomic mass is 16.2. The number of rotatable bonds is 5. The number of carbonyl (C=O) groups excluding carboxylic acids is 3. The van der Waals surface area contributed by atoms with Gasteiger partial charge in [0, 0.05) is 29.9 Å². The third-order valence-electron chi connectivity index (χ3n) is 4.43. The van der Waals surface area contributed by atoms with Crippen LogP contribution in [0.3, 0.4) is 0 Å². The molecule has 0 unspecified atom stereocenters. The van der Waals surface area contributed by atoms with Crippen LogP contribution in [0.25, 0.3) is 0 Å². The van der Waals surface area contributed by atoms with Crippen LogP contribution in [0, 0.1) is 13.8 Å². The fourth-order valence-corrected chi connectivity index (χ4v) is 3.22. The van der Waals surface area contributed by atoms with E-state index in [0.717, 1.165) is 29.8 Å². The van der Waals surface area contributed by atoms with Gasteiger partial charge in [0.05, 0.1) is 6.54 Å². The van der Waals surface area contributed by atoms with E-state index in [1.165, 1.54) is 0 Å². The molecule has 0 aromatic heterocycles. The second-order valence-corrected chi connectivity index (χ2v) is 6.80. The first-order valence-corrected chi connectivity index (χ1v) is 8.99. The van der Waals surface area contributed by atoms with Crippen molar-refractivity contribution >= 4 is 29.1 Å². The highest BCUT2D eigenvalue weighted by Crippen LogP contribution is 2.22. The van der Waals surface area contributed by atoms with Gasteiger partial charge in [-0.2, -0.15) is 0 Å². The summed E-state index contributed by atoms with van der Waals surface area (Å²) in [5.41, 5.74) is 4.00. The molecule has 0 radical (unpaired) electrons. The van der Waals surface area contributed by atoms with Crippen molar-refractivity contribution < 1.29 is 14.4 Å². The second kappa shape index (κ2) is 8.03. The van der Waals surface area contributed by atoms with E-state index in [9.17, 15) is 14.4 Å². The Morgan fingerprint density at radius 1 is 1.04 bits per heavy atom. The molecule has 3 rings (SSSR count). The molecule has 1 aliphatic heterocycles. The third-order valence-corrected chi connectivity index (χ3v) is 4.43. The number of hydrogen-bond donors (Lipinski definition) is 2. The summed E-state index contributed by atoms with van der Waals surface area (Å²) in [6, 6.07) is 12.7. The van der Waals surface area contributed by atoms with Gasteiger partial charge >= 0.3 is 0 Å². The Labute approximate surface area is 158 Å². The lowest BCUT2D eigenvalue weighted by molar-refractivity contribution is -0.117. The number of nitrogens with one attached hydrogen (secondary N) is 2. The Hall–Kier alpha value is -3.15. The SMILES string of the molecule is Cc1cc(C)cc(C(=O)NCC(=O)Nc2ccc(N3CCCC3=O)cc2)c1. The van der Waals surface area contributed by atoms with E-state index >= 15 is 0 Å². The van der Waals surface area contributed by atoms with Crippen molar-refractivity contribution in [2.75, 3.05) is 23.3 Å². The Bertz CT molecular complexity index is 854. The molecule has 1 fully saturated rings. The van der Waals surface area contributed by atoms with Crippen LogP contribution in [0.1, 0.15) is 34.3 Å². The highest BCUT2D eigenvalue weighted by Gasteiger charge is 2.21. The second-order valence-electron chi connectivity index (χ2n) is 6.80. The lowest BCUT2D eigenvalue weighted by Crippen LogP contribution is -2.33. The minimum absolute atomic E-state index is 0.113. The molecule has 2 aromatic rings. The number of hydrogen-bond acceptors (Lipinski definition) is 3. The molecule has 1 saturated heterocycles. The van der Waals surface area contributed by atoms with Gasteiger partial charge in [-0.05, 0) is 56.7 Å². The molecule has 6 nitrogen and oxygen atoms in total. The van der Waals surface area contributed by atoms with Gasteiger partial charge in [-0.15, -0.1) is 0 Å². The molecule has 0 aliphatic carbocycles. The number of benzene rings is 2. The first-order valence-electron chi connectivity index (χ1n) is 8.99. The van der Waals surface area contributed by atoms with Crippen LogP contribution in [-0.4, -0.2) is 30.8 Å². The van der Waals surface area contributed by atoms with Crippen molar-refractivity contribution in [1.82, 2.24) is 5.32 Å². The van der Waals surface area contributed by atoms with Crippen molar-refractivity contribution in [3.05, 3.63) is 59.2 Å². The van der Waals surface area contributed by atoms with Crippen LogP contribution in [0.4, 0.5) is 11.4 Å². The zero-order valence-electron chi connectivity index (χ0n) is 15.5. The molecule has 0 atom stereocenters. The van der Waals surface area contributed by atoms with Gasteiger partial charge < -0.3 is 15.5 Å². The molecule has 6 heteroatoms. The topological polar surface area (TPSA) is 78.5 Å². The first kappa shape index (κ1) is 18.6. The Kier molecular flexibility index (Phi) is 5.54. The van der Waals surface area contributed by atoms with Crippen LogP contribution >= 0.6 is 0 Å². The van der Waals surface area contributed by atoms with Gasteiger partial charge in [0.25, 0.3) is 5.91 Å². The molecule has 2 aromatic carbocycles. The van der Waals surface area contributed by atoms with Crippen molar-refractivity contribution in [3.63, 3.8) is 0 Å². The largest absolute Gasteiger partial charge is 0.343 e. The fourth-order valence-electron chi connectivity index (χ4n) is 3.22. The normalized spacial score (nSPS) is 13.6. The van der Waals surface area contributed by atoms with E-state index in [0.29, 0.717) is 17.7 Å². The van der Waals surface area contributed by atoms with Crippen LogP contribution in [-0.2, 0) is 9.59 Å². The summed E-state index contributed by atoms with van der Waals surface area (Å²) in [6.07, 6.45) is 1.45. The molecule has 3 amide bonds. The third kappa shape index (κ3) is 4.73. The Morgan fingerprint density at radius 3 is 2.30 bits per heavy atom. The molecule has 1 heterocycles. The lowest BCUT2D eigenvalue weighted by Gasteiger charge is -2.16. The molecular formula is C21H23N3O3. The molecule has 0 saturated carbocycles. The minimum Gasteiger partial charge on any atom is -0.343 e. The van der Waals surface area contributed by atoms with Crippen LogP contribution < -0.4 is 15.5 Å². The summed E-state index contributed by atoms with van der Waals surface area (Å²) in [5.74, 6) is -0.460. The van der Waals surface area contributed by atoms with E-state index in [1.54, 1.807) is 29.2 Å². The Balaban J connectivity index is 1.53. The lowest BCUT2D eigenvalue weighted by atomic mass is 10.1. The van der Waals surface area contributed by atoms with E-state index in [1.807, 2.05) is 32.0 Å². The summed E-state index contributed by atoms with van der Waals surface area (Å²) in [7, 11) is 0. The predicted molar refractivity (Wildman–Crippen MR) is 105 cm³/mol. The van der Waals surface area contributed by atoms with Crippen LogP contribution in [0.2, 0.25) is 0 Å². The van der Waals surface area contributed by atoms with Crippen molar-refractivity contribution in [1.29, 1.82) is 0 Å². The number of carbonyl (C=O) groups is 3. The molecule has 0 spiro atoms. The fraction of sp³-hybridized carbons (Fsp3) is 0.286. The van der Waals surface area contributed by atoms with E-state index in [4.69, 9.17) is 0 Å². The smallest absolute Gasteiger partial charge is 0.251 e. The molecule has 0 bridgehead atoms. The number of anilines is 2. The minimum atomic E-state index is -0.308. The number of amides is 3. The zero-order chi connectivity index (χ0) is 19.4. The van der Waals surface area contributed by atoms with Crippen LogP contribution in [0.15, 0.2) is 42.5 Å². The quantitative estimate of drug-likeness (QED) is 0.855. The molecule has 27 heavy (non-hydrogen) atoms. The maximum Gasteiger partial charge on any atom is 0.251 e. The van der Waals surface area contributed by atoms with Crippen molar-refractivity contribution in [3.8, 4) is 0 Å². The van der Waals surface area contributed by atoms with E-state index in [2.05, 4.69) is 10.6 Å². The van der Waals surface area contributed by atoms with Gasteiger partial charge in [-0.25, -0.2) is 0 Å². The van der Waals surface area contributed by atoms with Gasteiger partial charge in [-0.1, -0.05) is 17.2 Å². The summed E-state index contributed by atoms with van der Waals surface area (Å²) in [5, 5.41) is 5.37. The molecule has 2 N–H and O–H groups in total. The van der Waals surface area contributed by atoms with Crippen molar-refractivity contribution in [2.24, 2.45) is 0 Å². The van der Waals surface area contributed by atoms with Gasteiger partial charge in [0.2, 0.25) is 11.8 Å². The number of aryl methyl sites for hydroxylation is 2.